The molecule has 0 radical (unpaired) electrons. The Hall–Kier alpha value is -1.57. The molecule has 0 saturated carbocycles. The van der Waals surface area contributed by atoms with E-state index in [1.165, 1.54) is 4.31 Å². The van der Waals surface area contributed by atoms with Gasteiger partial charge in [-0.2, -0.15) is 0 Å². The van der Waals surface area contributed by atoms with Crippen LogP contribution >= 0.6 is 27.5 Å². The van der Waals surface area contributed by atoms with Gasteiger partial charge in [0.15, 0.2) is 0 Å². The van der Waals surface area contributed by atoms with Gasteiger partial charge in [-0.05, 0) is 59.6 Å². The fourth-order valence-corrected chi connectivity index (χ4v) is 3.77. The van der Waals surface area contributed by atoms with Crippen LogP contribution in [0.15, 0.2) is 46.9 Å². The zero-order valence-electron chi connectivity index (χ0n) is 14.5. The zero-order chi connectivity index (χ0) is 19.3. The van der Waals surface area contributed by atoms with Gasteiger partial charge in [0, 0.05) is 23.1 Å². The van der Waals surface area contributed by atoms with Gasteiger partial charge in [0.05, 0.1) is 17.0 Å². The van der Waals surface area contributed by atoms with E-state index in [2.05, 4.69) is 21.2 Å². The lowest BCUT2D eigenvalue weighted by atomic mass is 10.2. The van der Waals surface area contributed by atoms with Crippen molar-refractivity contribution in [2.75, 3.05) is 22.4 Å². The van der Waals surface area contributed by atoms with E-state index in [9.17, 15) is 13.2 Å². The Morgan fingerprint density at radius 3 is 2.42 bits per heavy atom. The van der Waals surface area contributed by atoms with Gasteiger partial charge in [-0.1, -0.05) is 29.3 Å². The number of aryl methyl sites for hydroxylation is 1. The van der Waals surface area contributed by atoms with Crippen molar-refractivity contribution in [2.45, 2.75) is 19.8 Å². The summed E-state index contributed by atoms with van der Waals surface area (Å²) in [5.41, 5.74) is 2.25. The number of carbonyl (C=O) groups excluding carboxylic acids is 1. The largest absolute Gasteiger partial charge is 0.326 e. The molecule has 0 aliphatic carbocycles. The maximum Gasteiger partial charge on any atom is 0.232 e. The summed E-state index contributed by atoms with van der Waals surface area (Å²) in [5, 5.41) is 3.26. The van der Waals surface area contributed by atoms with Crippen LogP contribution in [0, 0.1) is 6.92 Å². The Kier molecular flexibility index (Phi) is 7.08. The quantitative estimate of drug-likeness (QED) is 0.658. The number of hydrogen-bond acceptors (Lipinski definition) is 3. The molecule has 1 N–H and O–H groups in total. The van der Waals surface area contributed by atoms with Gasteiger partial charge in [0.1, 0.15) is 0 Å². The molecule has 0 atom stereocenters. The predicted octanol–water partition coefficient (Wildman–Crippen LogP) is 4.60. The van der Waals surface area contributed by atoms with Crippen LogP contribution in [0.1, 0.15) is 18.4 Å². The van der Waals surface area contributed by atoms with E-state index < -0.39 is 10.0 Å². The minimum Gasteiger partial charge on any atom is -0.326 e. The van der Waals surface area contributed by atoms with Crippen LogP contribution in [-0.2, 0) is 14.8 Å². The van der Waals surface area contributed by atoms with Crippen LogP contribution in [0.5, 0.6) is 0 Å². The molecule has 2 aromatic rings. The van der Waals surface area contributed by atoms with Crippen molar-refractivity contribution >= 4 is 54.8 Å². The van der Waals surface area contributed by atoms with Crippen LogP contribution in [0.3, 0.4) is 0 Å². The molecule has 2 rings (SSSR count). The van der Waals surface area contributed by atoms with E-state index in [1.807, 2.05) is 19.1 Å². The fourth-order valence-electron chi connectivity index (χ4n) is 2.38. The smallest absolute Gasteiger partial charge is 0.232 e. The molecule has 0 aromatic heterocycles. The Morgan fingerprint density at radius 2 is 1.85 bits per heavy atom. The third-order valence-corrected chi connectivity index (χ3v) is 6.12. The molecule has 8 heteroatoms. The average molecular weight is 460 g/mol. The highest BCUT2D eigenvalue weighted by Gasteiger charge is 2.17. The van der Waals surface area contributed by atoms with Gasteiger partial charge in [-0.3, -0.25) is 9.10 Å². The standard InChI is InChI=1S/C18H20BrClN2O3S/c1-13-5-8-15(9-6-13)22(26(2,24)25)11-3-4-18(23)21-14-7-10-16(19)17(20)12-14/h5-10,12H,3-4,11H2,1-2H3,(H,21,23). The van der Waals surface area contributed by atoms with Crippen LogP contribution < -0.4 is 9.62 Å². The van der Waals surface area contributed by atoms with Crippen LogP contribution in [0.4, 0.5) is 11.4 Å². The first kappa shape index (κ1) is 20.7. The van der Waals surface area contributed by atoms with Crippen molar-refractivity contribution < 1.29 is 13.2 Å². The molecule has 5 nitrogen and oxygen atoms in total. The number of amides is 1. The van der Waals surface area contributed by atoms with E-state index in [-0.39, 0.29) is 18.9 Å². The first-order valence-electron chi connectivity index (χ1n) is 7.96. The summed E-state index contributed by atoms with van der Waals surface area (Å²) in [6.07, 6.45) is 1.76. The molecule has 0 heterocycles. The molecule has 0 bridgehead atoms. The van der Waals surface area contributed by atoms with Crippen LogP contribution in [-0.4, -0.2) is 27.1 Å². The summed E-state index contributed by atoms with van der Waals surface area (Å²) in [5.74, 6) is -0.194. The topological polar surface area (TPSA) is 66.5 Å². The Morgan fingerprint density at radius 1 is 1.19 bits per heavy atom. The highest BCUT2D eigenvalue weighted by Crippen LogP contribution is 2.25. The van der Waals surface area contributed by atoms with Crippen molar-refractivity contribution in [3.05, 3.63) is 57.5 Å². The number of nitrogens with zero attached hydrogens (tertiary/aromatic N) is 1. The molecule has 0 aliphatic rings. The number of nitrogens with one attached hydrogen (secondary N) is 1. The van der Waals surface area contributed by atoms with Crippen molar-refractivity contribution in [1.82, 2.24) is 0 Å². The number of carbonyl (C=O) groups is 1. The molecule has 0 spiro atoms. The molecular formula is C18H20BrClN2O3S. The van der Waals surface area contributed by atoms with Gasteiger partial charge >= 0.3 is 0 Å². The molecule has 140 valence electrons. The summed E-state index contributed by atoms with van der Waals surface area (Å²) >= 11 is 9.29. The van der Waals surface area contributed by atoms with E-state index in [4.69, 9.17) is 11.6 Å². The minimum absolute atomic E-state index is 0.194. The number of rotatable bonds is 7. The van der Waals surface area contributed by atoms with Gasteiger partial charge < -0.3 is 5.32 Å². The lowest BCUT2D eigenvalue weighted by Crippen LogP contribution is -2.31. The monoisotopic (exact) mass is 458 g/mol. The summed E-state index contributed by atoms with van der Waals surface area (Å²) in [4.78, 5) is 12.1. The lowest BCUT2D eigenvalue weighted by Gasteiger charge is -2.22. The summed E-state index contributed by atoms with van der Waals surface area (Å²) in [6.45, 7) is 2.17. The van der Waals surface area contributed by atoms with Crippen molar-refractivity contribution in [1.29, 1.82) is 0 Å². The molecule has 1 amide bonds. The Bertz CT molecular complexity index is 886. The minimum atomic E-state index is -3.42. The van der Waals surface area contributed by atoms with E-state index in [0.717, 1.165) is 16.3 Å². The molecule has 0 aliphatic heterocycles. The first-order valence-corrected chi connectivity index (χ1v) is 11.0. The SMILES string of the molecule is Cc1ccc(N(CCCC(=O)Nc2ccc(Br)c(Cl)c2)S(C)(=O)=O)cc1. The zero-order valence-corrected chi connectivity index (χ0v) is 17.7. The average Bonchev–Trinajstić information content (AvgIpc) is 2.55. The van der Waals surface area contributed by atoms with Crippen molar-refractivity contribution in [2.24, 2.45) is 0 Å². The van der Waals surface area contributed by atoms with Crippen LogP contribution in [0.2, 0.25) is 5.02 Å². The van der Waals surface area contributed by atoms with Gasteiger partial charge in [0.25, 0.3) is 0 Å². The second kappa shape index (κ2) is 8.88. The highest BCUT2D eigenvalue weighted by atomic mass is 79.9. The van der Waals surface area contributed by atoms with Gasteiger partial charge in [-0.25, -0.2) is 8.42 Å². The molecular weight excluding hydrogens is 440 g/mol. The van der Waals surface area contributed by atoms with Crippen molar-refractivity contribution in [3.63, 3.8) is 0 Å². The fraction of sp³-hybridized carbons (Fsp3) is 0.278. The molecule has 0 fully saturated rings. The molecule has 2 aromatic carbocycles. The first-order chi connectivity index (χ1) is 12.2. The summed E-state index contributed by atoms with van der Waals surface area (Å²) < 4.78 is 26.2. The third kappa shape index (κ3) is 6.00. The number of sulfonamides is 1. The normalized spacial score (nSPS) is 11.2. The number of halogens is 2. The lowest BCUT2D eigenvalue weighted by molar-refractivity contribution is -0.116. The van der Waals surface area contributed by atoms with E-state index >= 15 is 0 Å². The van der Waals surface area contributed by atoms with Crippen LogP contribution in [0.25, 0.3) is 0 Å². The van der Waals surface area contributed by atoms with Gasteiger partial charge in [0.2, 0.25) is 15.9 Å². The van der Waals surface area contributed by atoms with E-state index in [0.29, 0.717) is 22.8 Å². The predicted molar refractivity (Wildman–Crippen MR) is 110 cm³/mol. The molecule has 26 heavy (non-hydrogen) atoms. The summed E-state index contributed by atoms with van der Waals surface area (Å²) in [7, 11) is -3.42. The number of anilines is 2. The van der Waals surface area contributed by atoms with E-state index in [1.54, 1.807) is 30.3 Å². The van der Waals surface area contributed by atoms with Crippen molar-refractivity contribution in [3.8, 4) is 0 Å². The molecule has 0 saturated heterocycles. The van der Waals surface area contributed by atoms with Gasteiger partial charge in [-0.15, -0.1) is 0 Å². The maximum absolute atomic E-state index is 12.1. The third-order valence-electron chi connectivity index (χ3n) is 3.69. The second-order valence-corrected chi connectivity index (χ2v) is 9.12. The number of hydrogen-bond donors (Lipinski definition) is 1. The summed E-state index contributed by atoms with van der Waals surface area (Å²) in [6, 6.07) is 12.4. The number of benzene rings is 2. The maximum atomic E-state index is 12.1. The Labute approximate surface area is 167 Å². The Balaban J connectivity index is 1.95. The second-order valence-electron chi connectivity index (χ2n) is 5.95. The highest BCUT2D eigenvalue weighted by molar-refractivity contribution is 9.10. The molecule has 0 unspecified atom stereocenters.